The van der Waals surface area contributed by atoms with Crippen LogP contribution in [0.2, 0.25) is 0 Å². The van der Waals surface area contributed by atoms with Crippen LogP contribution in [0.1, 0.15) is 43.0 Å². The SMILES string of the molecule is Cc1cnc(-c2ccncc2)n1C1CCN(C(=O)C(C)c2ccccc2)CC1. The van der Waals surface area contributed by atoms with Gasteiger partial charge in [0.1, 0.15) is 5.82 Å². The molecule has 144 valence electrons. The predicted molar refractivity (Wildman–Crippen MR) is 110 cm³/mol. The number of aryl methyl sites for hydroxylation is 1. The van der Waals surface area contributed by atoms with Crippen LogP contribution in [0.15, 0.2) is 61.1 Å². The molecular formula is C23H26N4O. The number of aromatic nitrogens is 3. The fraction of sp³-hybridized carbons (Fsp3) is 0.348. The quantitative estimate of drug-likeness (QED) is 0.687. The Balaban J connectivity index is 1.47. The van der Waals surface area contributed by atoms with Crippen molar-refractivity contribution in [1.82, 2.24) is 19.4 Å². The first kappa shape index (κ1) is 18.4. The van der Waals surface area contributed by atoms with Gasteiger partial charge >= 0.3 is 0 Å². The van der Waals surface area contributed by atoms with Gasteiger partial charge in [-0.05, 0) is 44.4 Å². The molecule has 2 aromatic heterocycles. The molecule has 1 amide bonds. The zero-order valence-electron chi connectivity index (χ0n) is 16.5. The normalized spacial score (nSPS) is 16.1. The Bertz CT molecular complexity index is 928. The highest BCUT2D eigenvalue weighted by molar-refractivity contribution is 5.83. The summed E-state index contributed by atoms with van der Waals surface area (Å²) in [5.41, 5.74) is 3.33. The maximum atomic E-state index is 12.9. The molecule has 1 aromatic carbocycles. The van der Waals surface area contributed by atoms with E-state index in [1.54, 1.807) is 12.4 Å². The fourth-order valence-electron chi connectivity index (χ4n) is 4.12. The van der Waals surface area contributed by atoms with E-state index in [1.807, 2.05) is 60.5 Å². The van der Waals surface area contributed by atoms with Crippen molar-refractivity contribution in [3.8, 4) is 11.4 Å². The number of hydrogen-bond donors (Lipinski definition) is 0. The Morgan fingerprint density at radius 3 is 2.43 bits per heavy atom. The van der Waals surface area contributed by atoms with E-state index >= 15 is 0 Å². The first-order valence-corrected chi connectivity index (χ1v) is 9.93. The summed E-state index contributed by atoms with van der Waals surface area (Å²) in [7, 11) is 0. The standard InChI is InChI=1S/C23H26N4O/c1-17-16-25-22(20-8-12-24-13-9-20)27(17)21-10-14-26(15-11-21)23(28)18(2)19-6-4-3-5-7-19/h3-9,12-13,16,18,21H,10-11,14-15H2,1-2H3. The lowest BCUT2D eigenvalue weighted by Crippen LogP contribution is -2.41. The number of pyridine rings is 1. The van der Waals surface area contributed by atoms with Crippen LogP contribution in [0, 0.1) is 6.92 Å². The lowest BCUT2D eigenvalue weighted by molar-refractivity contribution is -0.133. The van der Waals surface area contributed by atoms with Gasteiger partial charge < -0.3 is 9.47 Å². The second-order valence-electron chi connectivity index (χ2n) is 7.52. The van der Waals surface area contributed by atoms with Gasteiger partial charge in [-0.1, -0.05) is 30.3 Å². The van der Waals surface area contributed by atoms with Crippen LogP contribution in [0.25, 0.3) is 11.4 Å². The van der Waals surface area contributed by atoms with Gasteiger partial charge in [-0.25, -0.2) is 4.98 Å². The number of imidazole rings is 1. The maximum absolute atomic E-state index is 12.9. The minimum Gasteiger partial charge on any atom is -0.342 e. The summed E-state index contributed by atoms with van der Waals surface area (Å²) in [4.78, 5) is 23.7. The molecule has 28 heavy (non-hydrogen) atoms. The number of amides is 1. The molecule has 0 bridgehead atoms. The molecule has 0 aliphatic carbocycles. The highest BCUT2D eigenvalue weighted by atomic mass is 16.2. The van der Waals surface area contributed by atoms with Gasteiger partial charge in [0.25, 0.3) is 0 Å². The topological polar surface area (TPSA) is 51.0 Å². The van der Waals surface area contributed by atoms with Crippen molar-refractivity contribution in [3.05, 3.63) is 72.3 Å². The minimum absolute atomic E-state index is 0.0971. The van der Waals surface area contributed by atoms with Crippen LogP contribution in [0.3, 0.4) is 0 Å². The van der Waals surface area contributed by atoms with E-state index in [9.17, 15) is 4.79 Å². The maximum Gasteiger partial charge on any atom is 0.229 e. The lowest BCUT2D eigenvalue weighted by Gasteiger charge is -2.35. The van der Waals surface area contributed by atoms with Crippen molar-refractivity contribution in [2.24, 2.45) is 0 Å². The third-order valence-electron chi connectivity index (χ3n) is 5.73. The summed E-state index contributed by atoms with van der Waals surface area (Å²) in [5.74, 6) is 1.11. The molecular weight excluding hydrogens is 348 g/mol. The predicted octanol–water partition coefficient (Wildman–Crippen LogP) is 4.22. The molecule has 1 fully saturated rings. The summed E-state index contributed by atoms with van der Waals surface area (Å²) in [6.45, 7) is 5.68. The average molecular weight is 374 g/mol. The highest BCUT2D eigenvalue weighted by Gasteiger charge is 2.29. The molecule has 1 aliphatic rings. The Labute approximate surface area is 166 Å². The van der Waals surface area contributed by atoms with Crippen molar-refractivity contribution in [1.29, 1.82) is 0 Å². The number of benzene rings is 1. The lowest BCUT2D eigenvalue weighted by atomic mass is 9.97. The van der Waals surface area contributed by atoms with Crippen LogP contribution in [0.5, 0.6) is 0 Å². The van der Waals surface area contributed by atoms with Gasteiger partial charge in [-0.2, -0.15) is 0 Å². The molecule has 3 heterocycles. The molecule has 0 saturated carbocycles. The number of carbonyl (C=O) groups excluding carboxylic acids is 1. The van der Waals surface area contributed by atoms with Gasteiger partial charge in [0, 0.05) is 49.0 Å². The molecule has 5 nitrogen and oxygen atoms in total. The number of likely N-dealkylation sites (tertiary alicyclic amines) is 1. The van der Waals surface area contributed by atoms with Crippen LogP contribution in [0.4, 0.5) is 0 Å². The number of rotatable bonds is 4. The molecule has 0 radical (unpaired) electrons. The molecule has 1 atom stereocenters. The largest absolute Gasteiger partial charge is 0.342 e. The summed E-state index contributed by atoms with van der Waals surface area (Å²) in [6, 6.07) is 14.4. The first-order valence-electron chi connectivity index (χ1n) is 9.93. The molecule has 0 spiro atoms. The third-order valence-corrected chi connectivity index (χ3v) is 5.73. The van der Waals surface area contributed by atoms with E-state index in [1.165, 1.54) is 0 Å². The number of nitrogens with zero attached hydrogens (tertiary/aromatic N) is 4. The molecule has 4 rings (SSSR count). The molecule has 0 N–H and O–H groups in total. The number of hydrogen-bond acceptors (Lipinski definition) is 3. The van der Waals surface area contributed by atoms with Gasteiger partial charge in [0.2, 0.25) is 5.91 Å². The molecule has 1 aliphatic heterocycles. The second-order valence-corrected chi connectivity index (χ2v) is 7.52. The monoisotopic (exact) mass is 374 g/mol. The zero-order valence-corrected chi connectivity index (χ0v) is 16.5. The van der Waals surface area contributed by atoms with Gasteiger partial charge in [-0.3, -0.25) is 9.78 Å². The highest BCUT2D eigenvalue weighted by Crippen LogP contribution is 2.31. The third kappa shape index (κ3) is 3.57. The average Bonchev–Trinajstić information content (AvgIpc) is 3.15. The summed E-state index contributed by atoms with van der Waals surface area (Å²) < 4.78 is 2.33. The van der Waals surface area contributed by atoms with Crippen LogP contribution < -0.4 is 0 Å². The summed E-state index contributed by atoms with van der Waals surface area (Å²) in [6.07, 6.45) is 7.43. The molecule has 3 aromatic rings. The Hall–Kier alpha value is -2.95. The minimum atomic E-state index is -0.0971. The Morgan fingerprint density at radius 1 is 1.07 bits per heavy atom. The first-order chi connectivity index (χ1) is 13.6. The number of piperidine rings is 1. The van der Waals surface area contributed by atoms with Crippen LogP contribution in [-0.4, -0.2) is 38.4 Å². The van der Waals surface area contributed by atoms with E-state index in [0.717, 1.165) is 48.6 Å². The number of carbonyl (C=O) groups is 1. The summed E-state index contributed by atoms with van der Waals surface area (Å²) >= 11 is 0. The van der Waals surface area contributed by atoms with Crippen molar-refractivity contribution < 1.29 is 4.79 Å². The van der Waals surface area contributed by atoms with E-state index in [2.05, 4.69) is 21.5 Å². The molecule has 5 heteroatoms. The Morgan fingerprint density at radius 2 is 1.75 bits per heavy atom. The van der Waals surface area contributed by atoms with Gasteiger partial charge in [-0.15, -0.1) is 0 Å². The van der Waals surface area contributed by atoms with Gasteiger partial charge in [0.05, 0.1) is 5.92 Å². The zero-order chi connectivity index (χ0) is 19.5. The smallest absolute Gasteiger partial charge is 0.229 e. The van der Waals surface area contributed by atoms with Crippen LogP contribution >= 0.6 is 0 Å². The van der Waals surface area contributed by atoms with Crippen molar-refractivity contribution >= 4 is 5.91 Å². The van der Waals surface area contributed by atoms with Crippen molar-refractivity contribution in [3.63, 3.8) is 0 Å². The fourth-order valence-corrected chi connectivity index (χ4v) is 4.12. The Kier molecular flexibility index (Phi) is 5.24. The van der Waals surface area contributed by atoms with E-state index in [0.29, 0.717) is 6.04 Å². The summed E-state index contributed by atoms with van der Waals surface area (Å²) in [5, 5.41) is 0. The second kappa shape index (κ2) is 7.97. The van der Waals surface area contributed by atoms with E-state index in [4.69, 9.17) is 0 Å². The van der Waals surface area contributed by atoms with Crippen molar-refractivity contribution in [2.75, 3.05) is 13.1 Å². The van der Waals surface area contributed by atoms with E-state index < -0.39 is 0 Å². The van der Waals surface area contributed by atoms with Gasteiger partial charge in [0.15, 0.2) is 0 Å². The van der Waals surface area contributed by atoms with Crippen LogP contribution in [-0.2, 0) is 4.79 Å². The molecule has 1 unspecified atom stereocenters. The van der Waals surface area contributed by atoms with E-state index in [-0.39, 0.29) is 11.8 Å². The molecule has 1 saturated heterocycles. The van der Waals surface area contributed by atoms with Crippen molar-refractivity contribution in [2.45, 2.75) is 38.6 Å².